The van der Waals surface area contributed by atoms with Crippen LogP contribution in [-0.2, 0) is 4.74 Å². The van der Waals surface area contributed by atoms with Crippen LogP contribution in [0.15, 0.2) is 54.6 Å². The molecule has 0 aromatic heterocycles. The summed E-state index contributed by atoms with van der Waals surface area (Å²) in [5.41, 5.74) is -1.27. The lowest BCUT2D eigenvalue weighted by Crippen LogP contribution is -2.33. The van der Waals surface area contributed by atoms with E-state index in [1.807, 2.05) is 6.07 Å². The predicted molar refractivity (Wildman–Crippen MR) is 69.2 cm³/mol. The van der Waals surface area contributed by atoms with Gasteiger partial charge in [-0.05, 0) is 50.3 Å². The Labute approximate surface area is 106 Å². The van der Waals surface area contributed by atoms with Gasteiger partial charge in [0.2, 0.25) is 0 Å². The Morgan fingerprint density at radius 1 is 1.06 bits per heavy atom. The summed E-state index contributed by atoms with van der Waals surface area (Å²) < 4.78 is 5.43. The van der Waals surface area contributed by atoms with Gasteiger partial charge in [0.05, 0.1) is 11.2 Å². The summed E-state index contributed by atoms with van der Waals surface area (Å²) in [6.45, 7) is 3.44. The first-order valence-electron chi connectivity index (χ1n) is 5.82. The van der Waals surface area contributed by atoms with Crippen LogP contribution in [0, 0.1) is 0 Å². The third kappa shape index (κ3) is 2.87. The maximum absolute atomic E-state index is 11.9. The van der Waals surface area contributed by atoms with Crippen LogP contribution in [0.5, 0.6) is 0 Å². The van der Waals surface area contributed by atoms with Gasteiger partial charge >= 0.3 is 5.97 Å². The fraction of sp³-hybridized carbons (Fsp3) is 0.267. The molecule has 0 amide bonds. The molecular formula is C15H16O3. The number of carbonyl (C=O) groups excluding carboxylic acids is 1. The summed E-state index contributed by atoms with van der Waals surface area (Å²) in [5, 5.41) is 9.74. The molecule has 0 saturated carbocycles. The SMILES string of the molecule is CC1(O)C=CC(C)(OC(=O)c2ccccc2)C=C1. The Hall–Kier alpha value is -1.87. The number of hydrogen-bond donors (Lipinski definition) is 1. The number of esters is 1. The molecule has 0 atom stereocenters. The van der Waals surface area contributed by atoms with Gasteiger partial charge in [0.25, 0.3) is 0 Å². The zero-order valence-corrected chi connectivity index (χ0v) is 10.5. The maximum atomic E-state index is 11.9. The molecule has 3 nitrogen and oxygen atoms in total. The van der Waals surface area contributed by atoms with Crippen molar-refractivity contribution in [1.82, 2.24) is 0 Å². The molecule has 0 spiro atoms. The average Bonchev–Trinajstić information content (AvgIpc) is 2.35. The molecule has 1 aromatic carbocycles. The molecule has 1 N–H and O–H groups in total. The minimum atomic E-state index is -0.974. The van der Waals surface area contributed by atoms with Crippen LogP contribution < -0.4 is 0 Å². The third-order valence-electron chi connectivity index (χ3n) is 2.83. The van der Waals surface area contributed by atoms with Crippen molar-refractivity contribution in [3.05, 3.63) is 60.2 Å². The van der Waals surface area contributed by atoms with E-state index >= 15 is 0 Å². The number of aliphatic hydroxyl groups is 1. The average molecular weight is 244 g/mol. The number of benzene rings is 1. The summed E-state index contributed by atoms with van der Waals surface area (Å²) >= 11 is 0. The Morgan fingerprint density at radius 2 is 1.61 bits per heavy atom. The van der Waals surface area contributed by atoms with Crippen LogP contribution in [-0.4, -0.2) is 22.3 Å². The molecule has 94 valence electrons. The van der Waals surface area contributed by atoms with E-state index in [0.717, 1.165) is 0 Å². The first-order chi connectivity index (χ1) is 8.40. The van der Waals surface area contributed by atoms with Crippen molar-refractivity contribution in [2.75, 3.05) is 0 Å². The van der Waals surface area contributed by atoms with Crippen LogP contribution in [0.2, 0.25) is 0 Å². The third-order valence-corrected chi connectivity index (χ3v) is 2.83. The van der Waals surface area contributed by atoms with Crippen molar-refractivity contribution in [1.29, 1.82) is 0 Å². The van der Waals surface area contributed by atoms with E-state index in [2.05, 4.69) is 0 Å². The zero-order chi connectivity index (χ0) is 13.2. The Bertz CT molecular complexity index is 482. The molecule has 3 heteroatoms. The molecule has 0 aliphatic heterocycles. The Balaban J connectivity index is 2.12. The molecule has 0 saturated heterocycles. The van der Waals surface area contributed by atoms with Gasteiger partial charge in [-0.1, -0.05) is 18.2 Å². The fourth-order valence-electron chi connectivity index (χ4n) is 1.68. The van der Waals surface area contributed by atoms with Crippen molar-refractivity contribution in [3.8, 4) is 0 Å². The molecule has 0 bridgehead atoms. The monoisotopic (exact) mass is 244 g/mol. The van der Waals surface area contributed by atoms with Crippen LogP contribution in [0.25, 0.3) is 0 Å². The van der Waals surface area contributed by atoms with E-state index in [1.165, 1.54) is 0 Å². The molecule has 1 aromatic rings. The van der Waals surface area contributed by atoms with Gasteiger partial charge < -0.3 is 9.84 Å². The molecule has 0 radical (unpaired) electrons. The highest BCUT2D eigenvalue weighted by atomic mass is 16.6. The highest BCUT2D eigenvalue weighted by molar-refractivity contribution is 5.89. The summed E-state index contributed by atoms with van der Waals surface area (Å²) in [4.78, 5) is 11.9. The summed E-state index contributed by atoms with van der Waals surface area (Å²) in [6.07, 6.45) is 6.61. The number of hydrogen-bond acceptors (Lipinski definition) is 3. The minimum absolute atomic E-state index is 0.381. The smallest absolute Gasteiger partial charge is 0.339 e. The molecule has 0 unspecified atom stereocenters. The van der Waals surface area contributed by atoms with Crippen molar-refractivity contribution in [2.24, 2.45) is 0 Å². The second kappa shape index (κ2) is 4.42. The molecule has 18 heavy (non-hydrogen) atoms. The summed E-state index contributed by atoms with van der Waals surface area (Å²) in [7, 11) is 0. The van der Waals surface area contributed by atoms with Gasteiger partial charge in [0.15, 0.2) is 0 Å². The van der Waals surface area contributed by atoms with Gasteiger partial charge in [-0.15, -0.1) is 0 Å². The predicted octanol–water partition coefficient (Wildman–Crippen LogP) is 2.48. The normalized spacial score (nSPS) is 30.2. The molecule has 1 aliphatic rings. The van der Waals surface area contributed by atoms with Crippen LogP contribution in [0.3, 0.4) is 0 Å². The van der Waals surface area contributed by atoms with Gasteiger partial charge in [-0.25, -0.2) is 4.79 Å². The van der Waals surface area contributed by atoms with Crippen molar-refractivity contribution < 1.29 is 14.6 Å². The van der Waals surface area contributed by atoms with Crippen molar-refractivity contribution in [3.63, 3.8) is 0 Å². The summed E-state index contributed by atoms with van der Waals surface area (Å²) in [6, 6.07) is 8.83. The zero-order valence-electron chi connectivity index (χ0n) is 10.5. The van der Waals surface area contributed by atoms with E-state index in [9.17, 15) is 9.90 Å². The number of ether oxygens (including phenoxy) is 1. The number of rotatable bonds is 2. The Kier molecular flexibility index (Phi) is 3.09. The molecule has 2 rings (SSSR count). The van der Waals surface area contributed by atoms with Crippen LogP contribution >= 0.6 is 0 Å². The van der Waals surface area contributed by atoms with Crippen LogP contribution in [0.1, 0.15) is 24.2 Å². The second-order valence-corrected chi connectivity index (χ2v) is 4.83. The van der Waals surface area contributed by atoms with E-state index in [4.69, 9.17) is 4.74 Å². The van der Waals surface area contributed by atoms with Gasteiger partial charge in [0, 0.05) is 0 Å². The topological polar surface area (TPSA) is 46.5 Å². The largest absolute Gasteiger partial charge is 0.447 e. The van der Waals surface area contributed by atoms with E-state index in [0.29, 0.717) is 5.56 Å². The quantitative estimate of drug-likeness (QED) is 0.642. The van der Waals surface area contributed by atoms with Crippen molar-refractivity contribution >= 4 is 5.97 Å². The van der Waals surface area contributed by atoms with E-state index < -0.39 is 11.2 Å². The first-order valence-corrected chi connectivity index (χ1v) is 5.82. The fourth-order valence-corrected chi connectivity index (χ4v) is 1.68. The Morgan fingerprint density at radius 3 is 2.17 bits per heavy atom. The van der Waals surface area contributed by atoms with Crippen LogP contribution in [0.4, 0.5) is 0 Å². The summed E-state index contributed by atoms with van der Waals surface area (Å²) in [5.74, 6) is -0.381. The molecular weight excluding hydrogens is 228 g/mol. The molecule has 0 heterocycles. The van der Waals surface area contributed by atoms with Gasteiger partial charge in [-0.3, -0.25) is 0 Å². The second-order valence-electron chi connectivity index (χ2n) is 4.83. The van der Waals surface area contributed by atoms with Gasteiger partial charge in [-0.2, -0.15) is 0 Å². The lowest BCUT2D eigenvalue weighted by molar-refractivity contribution is 0.0234. The lowest BCUT2D eigenvalue weighted by Gasteiger charge is -2.29. The minimum Gasteiger partial charge on any atom is -0.447 e. The highest BCUT2D eigenvalue weighted by Gasteiger charge is 2.29. The molecule has 0 fully saturated rings. The van der Waals surface area contributed by atoms with Crippen molar-refractivity contribution in [2.45, 2.75) is 25.0 Å². The number of carbonyl (C=O) groups is 1. The maximum Gasteiger partial charge on any atom is 0.339 e. The first kappa shape index (κ1) is 12.6. The lowest BCUT2D eigenvalue weighted by atomic mass is 9.92. The van der Waals surface area contributed by atoms with E-state index in [-0.39, 0.29) is 5.97 Å². The van der Waals surface area contributed by atoms with E-state index in [1.54, 1.807) is 62.4 Å². The standard InChI is InChI=1S/C15H16O3/c1-14(17)8-10-15(2,11-9-14)18-13(16)12-6-4-3-5-7-12/h3-11,17H,1-2H3. The van der Waals surface area contributed by atoms with Gasteiger partial charge in [0.1, 0.15) is 5.60 Å². The molecule has 1 aliphatic carbocycles. The highest BCUT2D eigenvalue weighted by Crippen LogP contribution is 2.25.